The van der Waals surface area contributed by atoms with E-state index in [1.165, 1.54) is 0 Å². The van der Waals surface area contributed by atoms with Gasteiger partial charge < -0.3 is 14.8 Å². The second-order valence-corrected chi connectivity index (χ2v) is 2.42. The molecule has 1 heterocycles. The molecular weight excluding hydrogens is 146 g/mol. The Morgan fingerprint density at radius 2 is 2.55 bits per heavy atom. The summed E-state index contributed by atoms with van der Waals surface area (Å²) in [4.78, 5) is 10.7. The molecule has 4 nitrogen and oxygen atoms in total. The van der Waals surface area contributed by atoms with Gasteiger partial charge in [0.2, 0.25) is 0 Å². The van der Waals surface area contributed by atoms with Crippen molar-refractivity contribution in [2.24, 2.45) is 0 Å². The van der Waals surface area contributed by atoms with Crippen LogP contribution in [0.1, 0.15) is 13.3 Å². The lowest BCUT2D eigenvalue weighted by molar-refractivity contribution is 0.0327. The molecule has 0 radical (unpaired) electrons. The lowest BCUT2D eigenvalue weighted by atomic mass is 10.3. The summed E-state index contributed by atoms with van der Waals surface area (Å²) in [5, 5.41) is 3.09. The Balaban J connectivity index is 2.13. The van der Waals surface area contributed by atoms with Gasteiger partial charge in [-0.15, -0.1) is 0 Å². The minimum atomic E-state index is -0.554. The van der Waals surface area contributed by atoms with Crippen LogP contribution in [0.15, 0.2) is 0 Å². The first-order chi connectivity index (χ1) is 5.33. The summed E-state index contributed by atoms with van der Waals surface area (Å²) in [6.07, 6.45) is 0.342. The summed E-state index contributed by atoms with van der Waals surface area (Å²) in [5.41, 5.74) is 0. The second-order valence-electron chi connectivity index (χ2n) is 2.42. The summed E-state index contributed by atoms with van der Waals surface area (Å²) in [6.45, 7) is 3.80. The molecule has 1 rings (SSSR count). The van der Waals surface area contributed by atoms with Crippen LogP contribution in [0.4, 0.5) is 4.79 Å². The first-order valence-electron chi connectivity index (χ1n) is 3.87. The quantitative estimate of drug-likeness (QED) is 0.597. The van der Waals surface area contributed by atoms with Crippen LogP contribution in [0.3, 0.4) is 0 Å². The van der Waals surface area contributed by atoms with E-state index in [-0.39, 0.29) is 6.10 Å². The molecule has 1 atom stereocenters. The SMILES string of the molecule is CCOC(=O)OC1CCNC1. The van der Waals surface area contributed by atoms with E-state index in [0.717, 1.165) is 19.5 Å². The van der Waals surface area contributed by atoms with Gasteiger partial charge in [-0.25, -0.2) is 4.79 Å². The number of carbonyl (C=O) groups excluding carboxylic acids is 1. The van der Waals surface area contributed by atoms with E-state index in [2.05, 4.69) is 10.1 Å². The van der Waals surface area contributed by atoms with Crippen LogP contribution in [-0.2, 0) is 9.47 Å². The Morgan fingerprint density at radius 3 is 3.09 bits per heavy atom. The lowest BCUT2D eigenvalue weighted by Gasteiger charge is -2.09. The topological polar surface area (TPSA) is 47.6 Å². The molecule has 0 spiro atoms. The van der Waals surface area contributed by atoms with E-state index >= 15 is 0 Å². The summed E-state index contributed by atoms with van der Waals surface area (Å²) >= 11 is 0. The molecule has 1 saturated heterocycles. The van der Waals surface area contributed by atoms with Crippen molar-refractivity contribution >= 4 is 6.16 Å². The first kappa shape index (κ1) is 8.33. The van der Waals surface area contributed by atoms with Crippen LogP contribution in [-0.4, -0.2) is 32.0 Å². The fourth-order valence-corrected chi connectivity index (χ4v) is 1.02. The monoisotopic (exact) mass is 159 g/mol. The molecule has 0 aromatic heterocycles. The predicted octanol–water partition coefficient (Wildman–Crippen LogP) is 0.521. The highest BCUT2D eigenvalue weighted by molar-refractivity contribution is 5.60. The smallest absolute Gasteiger partial charge is 0.435 e. The number of nitrogens with one attached hydrogen (secondary N) is 1. The lowest BCUT2D eigenvalue weighted by Crippen LogP contribution is -2.21. The van der Waals surface area contributed by atoms with E-state index in [1.807, 2.05) is 0 Å². The van der Waals surface area contributed by atoms with E-state index in [0.29, 0.717) is 6.61 Å². The van der Waals surface area contributed by atoms with E-state index in [9.17, 15) is 4.79 Å². The molecule has 1 N–H and O–H groups in total. The van der Waals surface area contributed by atoms with Crippen LogP contribution in [0.5, 0.6) is 0 Å². The van der Waals surface area contributed by atoms with Crippen LogP contribution < -0.4 is 5.32 Å². The van der Waals surface area contributed by atoms with Gasteiger partial charge in [-0.05, 0) is 19.9 Å². The fraction of sp³-hybridized carbons (Fsp3) is 0.857. The highest BCUT2D eigenvalue weighted by atomic mass is 16.7. The molecule has 0 amide bonds. The molecule has 1 unspecified atom stereocenters. The van der Waals surface area contributed by atoms with E-state index < -0.39 is 6.16 Å². The van der Waals surface area contributed by atoms with Crippen molar-refractivity contribution in [3.63, 3.8) is 0 Å². The van der Waals surface area contributed by atoms with Gasteiger partial charge in [0.05, 0.1) is 6.61 Å². The molecule has 0 saturated carbocycles. The average Bonchev–Trinajstić information content (AvgIpc) is 2.40. The maximum Gasteiger partial charge on any atom is 0.508 e. The summed E-state index contributed by atoms with van der Waals surface area (Å²) in [5.74, 6) is 0. The van der Waals surface area contributed by atoms with Gasteiger partial charge in [0.25, 0.3) is 0 Å². The molecule has 1 aliphatic heterocycles. The minimum Gasteiger partial charge on any atom is -0.435 e. The molecule has 1 aliphatic rings. The van der Waals surface area contributed by atoms with Gasteiger partial charge in [-0.3, -0.25) is 0 Å². The molecule has 64 valence electrons. The zero-order chi connectivity index (χ0) is 8.10. The molecular formula is C7H13NO3. The molecule has 0 aromatic carbocycles. The molecule has 11 heavy (non-hydrogen) atoms. The normalized spacial score (nSPS) is 23.2. The Kier molecular flexibility index (Phi) is 3.16. The molecule has 0 bridgehead atoms. The third-order valence-corrected chi connectivity index (χ3v) is 1.54. The van der Waals surface area contributed by atoms with E-state index in [1.54, 1.807) is 6.92 Å². The Hall–Kier alpha value is -0.770. The zero-order valence-corrected chi connectivity index (χ0v) is 6.63. The van der Waals surface area contributed by atoms with Crippen LogP contribution in [0, 0.1) is 0 Å². The number of hydrogen-bond donors (Lipinski definition) is 1. The van der Waals surface area contributed by atoms with Gasteiger partial charge in [0.1, 0.15) is 6.10 Å². The third kappa shape index (κ3) is 2.76. The largest absolute Gasteiger partial charge is 0.508 e. The Labute approximate surface area is 65.9 Å². The zero-order valence-electron chi connectivity index (χ0n) is 6.63. The van der Waals surface area contributed by atoms with Gasteiger partial charge in [0, 0.05) is 6.54 Å². The van der Waals surface area contributed by atoms with Gasteiger partial charge >= 0.3 is 6.16 Å². The van der Waals surface area contributed by atoms with E-state index in [4.69, 9.17) is 4.74 Å². The number of hydrogen-bond acceptors (Lipinski definition) is 4. The second kappa shape index (κ2) is 4.18. The molecule has 1 fully saturated rings. The van der Waals surface area contributed by atoms with Gasteiger partial charge in [-0.2, -0.15) is 0 Å². The molecule has 0 aliphatic carbocycles. The predicted molar refractivity (Wildman–Crippen MR) is 39.4 cm³/mol. The highest BCUT2D eigenvalue weighted by Gasteiger charge is 2.18. The first-order valence-corrected chi connectivity index (χ1v) is 3.87. The van der Waals surface area contributed by atoms with Crippen LogP contribution >= 0.6 is 0 Å². The fourth-order valence-electron chi connectivity index (χ4n) is 1.02. The number of carbonyl (C=O) groups is 1. The van der Waals surface area contributed by atoms with Crippen molar-refractivity contribution in [2.45, 2.75) is 19.4 Å². The number of rotatable bonds is 2. The number of ether oxygens (including phenoxy) is 2. The van der Waals surface area contributed by atoms with Crippen molar-refractivity contribution in [1.82, 2.24) is 5.32 Å². The van der Waals surface area contributed by atoms with Crippen molar-refractivity contribution in [3.05, 3.63) is 0 Å². The highest BCUT2D eigenvalue weighted by Crippen LogP contribution is 2.03. The van der Waals surface area contributed by atoms with Crippen molar-refractivity contribution in [3.8, 4) is 0 Å². The summed E-state index contributed by atoms with van der Waals surface area (Å²) < 4.78 is 9.54. The standard InChI is InChI=1S/C7H13NO3/c1-2-10-7(9)11-6-3-4-8-5-6/h6,8H,2-5H2,1H3. The summed E-state index contributed by atoms with van der Waals surface area (Å²) in [6, 6.07) is 0. The average molecular weight is 159 g/mol. The van der Waals surface area contributed by atoms with Crippen LogP contribution in [0.25, 0.3) is 0 Å². The van der Waals surface area contributed by atoms with Crippen LogP contribution in [0.2, 0.25) is 0 Å². The maximum atomic E-state index is 10.7. The minimum absolute atomic E-state index is 0.00838. The molecule has 0 aromatic rings. The molecule has 4 heteroatoms. The summed E-state index contributed by atoms with van der Waals surface area (Å²) in [7, 11) is 0. The third-order valence-electron chi connectivity index (χ3n) is 1.54. The Bertz CT molecular complexity index is 132. The van der Waals surface area contributed by atoms with Crippen molar-refractivity contribution in [1.29, 1.82) is 0 Å². The van der Waals surface area contributed by atoms with Gasteiger partial charge in [0.15, 0.2) is 0 Å². The van der Waals surface area contributed by atoms with Gasteiger partial charge in [-0.1, -0.05) is 0 Å². The Morgan fingerprint density at radius 1 is 1.73 bits per heavy atom. The maximum absolute atomic E-state index is 10.7. The van der Waals surface area contributed by atoms with Crippen molar-refractivity contribution < 1.29 is 14.3 Å². The van der Waals surface area contributed by atoms with Crippen molar-refractivity contribution in [2.75, 3.05) is 19.7 Å².